The van der Waals surface area contributed by atoms with Gasteiger partial charge in [0.2, 0.25) is 0 Å². The van der Waals surface area contributed by atoms with E-state index in [2.05, 4.69) is 24.0 Å². The van der Waals surface area contributed by atoms with Gasteiger partial charge in [-0.1, -0.05) is 37.3 Å². The Morgan fingerprint density at radius 1 is 1.24 bits per heavy atom. The van der Waals surface area contributed by atoms with Crippen LogP contribution in [0.2, 0.25) is 0 Å². The van der Waals surface area contributed by atoms with Crippen molar-refractivity contribution < 1.29 is 5.11 Å². The Balaban J connectivity index is 0.00000256. The molecule has 98 valence electrons. The fraction of sp³-hybridized carbons (Fsp3) is 0.571. The van der Waals surface area contributed by atoms with Gasteiger partial charge in [0.1, 0.15) is 0 Å². The largest absolute Gasteiger partial charge is 0.390 e. The van der Waals surface area contributed by atoms with Crippen molar-refractivity contribution in [1.29, 1.82) is 0 Å². The highest BCUT2D eigenvalue weighted by Crippen LogP contribution is 2.22. The smallest absolute Gasteiger partial charge is 0.0697 e. The summed E-state index contributed by atoms with van der Waals surface area (Å²) in [5.41, 5.74) is 0.545. The Kier molecular flexibility index (Phi) is 6.76. The lowest BCUT2D eigenvalue weighted by molar-refractivity contribution is -0.00259. The van der Waals surface area contributed by atoms with E-state index in [1.54, 1.807) is 0 Å². The third-order valence-electron chi connectivity index (χ3n) is 3.11. The lowest BCUT2D eigenvalue weighted by Crippen LogP contribution is -2.40. The molecule has 3 heteroatoms. The zero-order valence-electron chi connectivity index (χ0n) is 11.2. The molecule has 2 atom stereocenters. The van der Waals surface area contributed by atoms with E-state index in [-0.39, 0.29) is 18.3 Å². The van der Waals surface area contributed by atoms with Crippen LogP contribution in [-0.2, 0) is 6.42 Å². The molecule has 0 spiro atoms. The molecule has 0 heterocycles. The molecule has 0 saturated carbocycles. The van der Waals surface area contributed by atoms with E-state index >= 15 is 0 Å². The number of halogens is 1. The van der Waals surface area contributed by atoms with E-state index in [0.717, 1.165) is 6.54 Å². The molecule has 2 unspecified atom stereocenters. The lowest BCUT2D eigenvalue weighted by atomic mass is 9.84. The van der Waals surface area contributed by atoms with Crippen molar-refractivity contribution in [1.82, 2.24) is 4.90 Å². The average Bonchev–Trinajstić information content (AvgIpc) is 2.17. The third kappa shape index (κ3) is 5.53. The highest BCUT2D eigenvalue weighted by atomic mass is 35.5. The summed E-state index contributed by atoms with van der Waals surface area (Å²) in [5.74, 6) is 0.253. The molecule has 1 rings (SSSR count). The van der Waals surface area contributed by atoms with Crippen molar-refractivity contribution in [2.24, 2.45) is 5.92 Å². The van der Waals surface area contributed by atoms with Gasteiger partial charge in [0.25, 0.3) is 0 Å². The Morgan fingerprint density at radius 3 is 2.24 bits per heavy atom. The summed E-state index contributed by atoms with van der Waals surface area (Å²) in [7, 11) is 4.07. The Morgan fingerprint density at radius 2 is 1.76 bits per heavy atom. The molecular weight excluding hydrogens is 234 g/mol. The van der Waals surface area contributed by atoms with E-state index < -0.39 is 5.60 Å². The second kappa shape index (κ2) is 7.00. The first kappa shape index (κ1) is 16.4. The number of hydrogen-bond acceptors (Lipinski definition) is 2. The minimum atomic E-state index is -0.647. The van der Waals surface area contributed by atoms with Crippen LogP contribution in [0.25, 0.3) is 0 Å². The standard InChI is InChI=1S/C14H23NO.ClH/c1-12(11-15(3)4)14(2,16)10-13-8-6-5-7-9-13;/h5-9,12,16H,10-11H2,1-4H3;1H. The van der Waals surface area contributed by atoms with Gasteiger partial charge in [0.15, 0.2) is 0 Å². The van der Waals surface area contributed by atoms with Crippen LogP contribution >= 0.6 is 12.4 Å². The number of nitrogens with zero attached hydrogens (tertiary/aromatic N) is 1. The first-order valence-electron chi connectivity index (χ1n) is 5.83. The van der Waals surface area contributed by atoms with Gasteiger partial charge in [-0.05, 0) is 32.5 Å². The highest BCUT2D eigenvalue weighted by Gasteiger charge is 2.28. The maximum atomic E-state index is 10.5. The third-order valence-corrected chi connectivity index (χ3v) is 3.11. The normalized spacial score (nSPS) is 16.1. The monoisotopic (exact) mass is 257 g/mol. The predicted octanol–water partition coefficient (Wildman–Crippen LogP) is 2.60. The maximum Gasteiger partial charge on any atom is 0.0697 e. The highest BCUT2D eigenvalue weighted by molar-refractivity contribution is 5.85. The SMILES string of the molecule is CC(CN(C)C)C(C)(O)Cc1ccccc1.Cl. The minimum absolute atomic E-state index is 0. The quantitative estimate of drug-likeness (QED) is 0.877. The Hall–Kier alpha value is -0.570. The molecule has 17 heavy (non-hydrogen) atoms. The number of benzene rings is 1. The Bertz CT molecular complexity index is 311. The summed E-state index contributed by atoms with van der Waals surface area (Å²) < 4.78 is 0. The zero-order valence-corrected chi connectivity index (χ0v) is 12.0. The second-order valence-electron chi connectivity index (χ2n) is 5.18. The van der Waals surface area contributed by atoms with Crippen molar-refractivity contribution in [2.45, 2.75) is 25.9 Å². The van der Waals surface area contributed by atoms with Crippen LogP contribution in [0.5, 0.6) is 0 Å². The molecule has 0 saturated heterocycles. The fourth-order valence-electron chi connectivity index (χ4n) is 1.93. The van der Waals surface area contributed by atoms with Crippen molar-refractivity contribution in [2.75, 3.05) is 20.6 Å². The van der Waals surface area contributed by atoms with Crippen LogP contribution in [0.15, 0.2) is 30.3 Å². The van der Waals surface area contributed by atoms with Gasteiger partial charge in [-0.15, -0.1) is 12.4 Å². The van der Waals surface area contributed by atoms with Crippen molar-refractivity contribution in [3.05, 3.63) is 35.9 Å². The summed E-state index contributed by atoms with van der Waals surface area (Å²) in [4.78, 5) is 2.12. The van der Waals surface area contributed by atoms with Gasteiger partial charge in [-0.25, -0.2) is 0 Å². The predicted molar refractivity (Wildman–Crippen MR) is 75.7 cm³/mol. The molecule has 0 fully saturated rings. The summed E-state index contributed by atoms with van der Waals surface area (Å²) in [5, 5.41) is 10.5. The second-order valence-corrected chi connectivity index (χ2v) is 5.18. The van der Waals surface area contributed by atoms with Gasteiger partial charge >= 0.3 is 0 Å². The molecule has 0 aromatic heterocycles. The van der Waals surface area contributed by atoms with E-state index in [1.165, 1.54) is 5.56 Å². The van der Waals surface area contributed by atoms with E-state index in [9.17, 15) is 5.11 Å². The molecule has 0 radical (unpaired) electrons. The molecule has 0 aliphatic heterocycles. The summed E-state index contributed by atoms with van der Waals surface area (Å²) in [6, 6.07) is 10.2. The zero-order chi connectivity index (χ0) is 12.2. The average molecular weight is 258 g/mol. The summed E-state index contributed by atoms with van der Waals surface area (Å²) in [6.45, 7) is 4.93. The summed E-state index contributed by atoms with van der Waals surface area (Å²) >= 11 is 0. The summed E-state index contributed by atoms with van der Waals surface area (Å²) in [6.07, 6.45) is 0.711. The van der Waals surface area contributed by atoms with Crippen LogP contribution in [0.3, 0.4) is 0 Å². The molecule has 1 N–H and O–H groups in total. The van der Waals surface area contributed by atoms with Gasteiger partial charge in [0, 0.05) is 13.0 Å². The van der Waals surface area contributed by atoms with E-state index in [4.69, 9.17) is 0 Å². The van der Waals surface area contributed by atoms with E-state index in [1.807, 2.05) is 39.2 Å². The fourth-order valence-corrected chi connectivity index (χ4v) is 1.93. The van der Waals surface area contributed by atoms with Gasteiger partial charge in [-0.2, -0.15) is 0 Å². The maximum absolute atomic E-state index is 10.5. The Labute approximate surface area is 111 Å². The van der Waals surface area contributed by atoms with Crippen LogP contribution in [0.1, 0.15) is 19.4 Å². The topological polar surface area (TPSA) is 23.5 Å². The minimum Gasteiger partial charge on any atom is -0.390 e. The van der Waals surface area contributed by atoms with Gasteiger partial charge < -0.3 is 10.0 Å². The first-order chi connectivity index (χ1) is 7.42. The van der Waals surface area contributed by atoms with Crippen molar-refractivity contribution in [3.63, 3.8) is 0 Å². The van der Waals surface area contributed by atoms with Gasteiger partial charge in [0.05, 0.1) is 5.60 Å². The molecule has 2 nitrogen and oxygen atoms in total. The molecule has 1 aromatic rings. The van der Waals surface area contributed by atoms with E-state index in [0.29, 0.717) is 6.42 Å². The van der Waals surface area contributed by atoms with Crippen LogP contribution in [0.4, 0.5) is 0 Å². The van der Waals surface area contributed by atoms with Gasteiger partial charge in [-0.3, -0.25) is 0 Å². The number of rotatable bonds is 5. The molecular formula is C14H24ClNO. The molecule has 1 aromatic carbocycles. The molecule has 0 aliphatic carbocycles. The molecule has 0 aliphatic rings. The van der Waals surface area contributed by atoms with Crippen molar-refractivity contribution >= 4 is 12.4 Å². The van der Waals surface area contributed by atoms with Crippen LogP contribution < -0.4 is 0 Å². The lowest BCUT2D eigenvalue weighted by Gasteiger charge is -2.32. The number of hydrogen-bond donors (Lipinski definition) is 1. The molecule has 0 bridgehead atoms. The first-order valence-corrected chi connectivity index (χ1v) is 5.83. The molecule has 0 amide bonds. The number of aliphatic hydroxyl groups is 1. The van der Waals surface area contributed by atoms with Crippen molar-refractivity contribution in [3.8, 4) is 0 Å². The van der Waals surface area contributed by atoms with Crippen LogP contribution in [0, 0.1) is 5.92 Å². The van der Waals surface area contributed by atoms with Crippen LogP contribution in [-0.4, -0.2) is 36.2 Å².